The SMILES string of the molecule is CC(=O)c1ccc(N2CCN(C(=O)CCOc3cc(C)ccc3C)CC2)c(F)c1. The minimum absolute atomic E-state index is 0.0438. The highest BCUT2D eigenvalue weighted by molar-refractivity contribution is 5.94. The summed E-state index contributed by atoms with van der Waals surface area (Å²) >= 11 is 0. The maximum atomic E-state index is 14.3. The van der Waals surface area contributed by atoms with Gasteiger partial charge in [-0.15, -0.1) is 0 Å². The van der Waals surface area contributed by atoms with E-state index in [9.17, 15) is 14.0 Å². The van der Waals surface area contributed by atoms with E-state index in [1.807, 2.05) is 36.9 Å². The second-order valence-corrected chi connectivity index (χ2v) is 7.46. The van der Waals surface area contributed by atoms with Gasteiger partial charge >= 0.3 is 0 Å². The fourth-order valence-electron chi connectivity index (χ4n) is 3.45. The highest BCUT2D eigenvalue weighted by atomic mass is 19.1. The van der Waals surface area contributed by atoms with Crippen molar-refractivity contribution in [3.8, 4) is 5.75 Å². The third-order valence-corrected chi connectivity index (χ3v) is 5.24. The predicted octanol–water partition coefficient (Wildman–Crippen LogP) is 3.76. The van der Waals surface area contributed by atoms with Gasteiger partial charge in [0, 0.05) is 31.7 Å². The minimum atomic E-state index is -0.403. The van der Waals surface area contributed by atoms with Crippen molar-refractivity contribution in [2.45, 2.75) is 27.2 Å². The van der Waals surface area contributed by atoms with Crippen LogP contribution in [-0.4, -0.2) is 49.4 Å². The number of hydrogen-bond acceptors (Lipinski definition) is 4. The van der Waals surface area contributed by atoms with E-state index in [4.69, 9.17) is 4.74 Å². The number of carbonyl (C=O) groups excluding carboxylic acids is 2. The molecule has 0 spiro atoms. The van der Waals surface area contributed by atoms with Gasteiger partial charge in [-0.25, -0.2) is 4.39 Å². The Hall–Kier alpha value is -2.89. The van der Waals surface area contributed by atoms with Crippen LogP contribution in [0.2, 0.25) is 0 Å². The number of carbonyl (C=O) groups is 2. The molecule has 0 atom stereocenters. The Kier molecular flexibility index (Phi) is 6.52. The number of nitrogens with zero attached hydrogens (tertiary/aromatic N) is 2. The molecule has 0 radical (unpaired) electrons. The second kappa shape index (κ2) is 9.07. The van der Waals surface area contributed by atoms with Gasteiger partial charge in [-0.05, 0) is 56.2 Å². The number of ether oxygens (including phenoxy) is 1. The van der Waals surface area contributed by atoms with Crippen LogP contribution in [0.3, 0.4) is 0 Å². The van der Waals surface area contributed by atoms with Crippen LogP contribution in [0, 0.1) is 19.7 Å². The molecule has 2 aromatic carbocycles. The lowest BCUT2D eigenvalue weighted by atomic mass is 10.1. The maximum absolute atomic E-state index is 14.3. The van der Waals surface area contributed by atoms with Crippen molar-refractivity contribution in [2.75, 3.05) is 37.7 Å². The van der Waals surface area contributed by atoms with Gasteiger partial charge in [-0.1, -0.05) is 12.1 Å². The standard InChI is InChI=1S/C23H27FN2O3/c1-16-4-5-17(2)22(14-16)29-13-8-23(28)26-11-9-25(10-12-26)21-7-6-19(18(3)27)15-20(21)24/h4-7,14-15H,8-13H2,1-3H3. The molecule has 1 aliphatic heterocycles. The van der Waals surface area contributed by atoms with Crippen molar-refractivity contribution in [2.24, 2.45) is 0 Å². The van der Waals surface area contributed by atoms with E-state index in [1.54, 1.807) is 17.0 Å². The Labute approximate surface area is 171 Å². The summed E-state index contributed by atoms with van der Waals surface area (Å²) in [5.41, 5.74) is 3.01. The van der Waals surface area contributed by atoms with Gasteiger partial charge in [0.05, 0.1) is 18.7 Å². The number of aryl methyl sites for hydroxylation is 2. The quantitative estimate of drug-likeness (QED) is 0.695. The highest BCUT2D eigenvalue weighted by Crippen LogP contribution is 2.23. The Bertz CT molecular complexity index is 905. The molecule has 1 heterocycles. The number of piperazine rings is 1. The fraction of sp³-hybridized carbons (Fsp3) is 0.391. The van der Waals surface area contributed by atoms with Crippen molar-refractivity contribution in [3.63, 3.8) is 0 Å². The summed E-state index contributed by atoms with van der Waals surface area (Å²) in [6.45, 7) is 7.94. The third kappa shape index (κ3) is 5.13. The number of hydrogen-bond donors (Lipinski definition) is 0. The van der Waals surface area contributed by atoms with Crippen LogP contribution in [0.15, 0.2) is 36.4 Å². The Morgan fingerprint density at radius 2 is 1.76 bits per heavy atom. The normalized spacial score (nSPS) is 14.1. The third-order valence-electron chi connectivity index (χ3n) is 5.24. The van der Waals surface area contributed by atoms with Gasteiger partial charge in [-0.2, -0.15) is 0 Å². The first-order valence-corrected chi connectivity index (χ1v) is 9.88. The summed E-state index contributed by atoms with van der Waals surface area (Å²) in [6, 6.07) is 10.6. The first-order chi connectivity index (χ1) is 13.8. The number of rotatable bonds is 6. The van der Waals surface area contributed by atoms with Gasteiger partial charge in [0.15, 0.2) is 5.78 Å². The summed E-state index contributed by atoms with van der Waals surface area (Å²) in [6.07, 6.45) is 0.315. The molecule has 5 nitrogen and oxygen atoms in total. The van der Waals surface area contributed by atoms with Crippen molar-refractivity contribution in [1.82, 2.24) is 4.90 Å². The summed E-state index contributed by atoms with van der Waals surface area (Å²) in [4.78, 5) is 27.6. The lowest BCUT2D eigenvalue weighted by Gasteiger charge is -2.36. The molecule has 0 aliphatic carbocycles. The molecule has 0 unspecified atom stereocenters. The van der Waals surface area contributed by atoms with Crippen molar-refractivity contribution >= 4 is 17.4 Å². The van der Waals surface area contributed by atoms with Crippen molar-refractivity contribution < 1.29 is 18.7 Å². The number of benzene rings is 2. The van der Waals surface area contributed by atoms with E-state index in [0.29, 0.717) is 50.5 Å². The van der Waals surface area contributed by atoms with Crippen LogP contribution in [0.25, 0.3) is 0 Å². The Morgan fingerprint density at radius 1 is 1.03 bits per heavy atom. The fourth-order valence-corrected chi connectivity index (χ4v) is 3.45. The van der Waals surface area contributed by atoms with Gasteiger partial charge in [0.1, 0.15) is 11.6 Å². The lowest BCUT2D eigenvalue weighted by Crippen LogP contribution is -2.49. The van der Waals surface area contributed by atoms with E-state index < -0.39 is 5.82 Å². The average molecular weight is 398 g/mol. The molecule has 1 aliphatic rings. The number of anilines is 1. The van der Waals surface area contributed by atoms with Crippen LogP contribution in [-0.2, 0) is 4.79 Å². The minimum Gasteiger partial charge on any atom is -0.493 e. The molecule has 1 fully saturated rings. The topological polar surface area (TPSA) is 49.9 Å². The average Bonchev–Trinajstić information content (AvgIpc) is 2.70. The maximum Gasteiger partial charge on any atom is 0.226 e. The molecule has 0 aromatic heterocycles. The van der Waals surface area contributed by atoms with Crippen molar-refractivity contribution in [3.05, 3.63) is 58.9 Å². The van der Waals surface area contributed by atoms with Gasteiger partial charge < -0.3 is 14.5 Å². The zero-order valence-corrected chi connectivity index (χ0v) is 17.2. The summed E-state index contributed by atoms with van der Waals surface area (Å²) < 4.78 is 20.1. The molecule has 2 aromatic rings. The summed E-state index contributed by atoms with van der Waals surface area (Å²) in [7, 11) is 0. The summed E-state index contributed by atoms with van der Waals surface area (Å²) in [5, 5.41) is 0. The molecule has 1 saturated heterocycles. The first kappa shape index (κ1) is 20.8. The smallest absolute Gasteiger partial charge is 0.226 e. The molecule has 3 rings (SSSR count). The van der Waals surface area contributed by atoms with Crippen LogP contribution < -0.4 is 9.64 Å². The number of amides is 1. The zero-order chi connectivity index (χ0) is 21.0. The van der Waals surface area contributed by atoms with Gasteiger partial charge in [0.2, 0.25) is 5.91 Å². The van der Waals surface area contributed by atoms with E-state index in [1.165, 1.54) is 13.0 Å². The largest absolute Gasteiger partial charge is 0.493 e. The van der Waals surface area contributed by atoms with E-state index in [-0.39, 0.29) is 11.7 Å². The molecule has 0 N–H and O–H groups in total. The van der Waals surface area contributed by atoms with Gasteiger partial charge in [-0.3, -0.25) is 9.59 Å². The number of Topliss-reactive ketones (excluding diaryl/α,β-unsaturated/α-hetero) is 1. The number of halogens is 1. The number of ketones is 1. The van der Waals surface area contributed by atoms with E-state index in [2.05, 4.69) is 0 Å². The molecule has 0 saturated carbocycles. The molecule has 29 heavy (non-hydrogen) atoms. The highest BCUT2D eigenvalue weighted by Gasteiger charge is 2.23. The monoisotopic (exact) mass is 398 g/mol. The van der Waals surface area contributed by atoms with Gasteiger partial charge in [0.25, 0.3) is 0 Å². The lowest BCUT2D eigenvalue weighted by molar-refractivity contribution is -0.132. The van der Waals surface area contributed by atoms with Crippen LogP contribution in [0.5, 0.6) is 5.75 Å². The Morgan fingerprint density at radius 3 is 2.41 bits per heavy atom. The van der Waals surface area contributed by atoms with E-state index in [0.717, 1.165) is 16.9 Å². The van der Waals surface area contributed by atoms with Crippen LogP contribution >= 0.6 is 0 Å². The molecule has 0 bridgehead atoms. The second-order valence-electron chi connectivity index (χ2n) is 7.46. The van der Waals surface area contributed by atoms with Crippen LogP contribution in [0.4, 0.5) is 10.1 Å². The Balaban J connectivity index is 1.49. The molecular formula is C23H27FN2O3. The molecule has 6 heteroatoms. The molecule has 1 amide bonds. The molecular weight excluding hydrogens is 371 g/mol. The molecule has 154 valence electrons. The van der Waals surface area contributed by atoms with Crippen LogP contribution in [0.1, 0.15) is 34.8 Å². The predicted molar refractivity (Wildman–Crippen MR) is 111 cm³/mol. The zero-order valence-electron chi connectivity index (χ0n) is 17.2. The summed E-state index contributed by atoms with van der Waals surface area (Å²) in [5.74, 6) is 0.294. The van der Waals surface area contributed by atoms with E-state index >= 15 is 0 Å². The van der Waals surface area contributed by atoms with Crippen molar-refractivity contribution in [1.29, 1.82) is 0 Å². The first-order valence-electron chi connectivity index (χ1n) is 9.88.